The van der Waals surface area contributed by atoms with E-state index in [0.717, 1.165) is 5.56 Å². The summed E-state index contributed by atoms with van der Waals surface area (Å²) in [5.41, 5.74) is 2.16. The molecular formula is C19H19N5O2. The van der Waals surface area contributed by atoms with Crippen molar-refractivity contribution in [2.45, 2.75) is 6.54 Å². The number of anilines is 3. The molecule has 0 aliphatic rings. The molecule has 26 heavy (non-hydrogen) atoms. The predicted octanol–water partition coefficient (Wildman–Crippen LogP) is 3.04. The summed E-state index contributed by atoms with van der Waals surface area (Å²) in [6, 6.07) is 17.1. The van der Waals surface area contributed by atoms with Gasteiger partial charge in [0, 0.05) is 13.6 Å². The average Bonchev–Trinajstić information content (AvgIpc) is 2.69. The van der Waals surface area contributed by atoms with Crippen LogP contribution in [0.4, 0.5) is 17.5 Å². The van der Waals surface area contributed by atoms with E-state index in [1.54, 1.807) is 18.2 Å². The number of nitrogens with zero attached hydrogens (tertiary/aromatic N) is 4. The van der Waals surface area contributed by atoms with E-state index < -0.39 is 5.97 Å². The minimum Gasteiger partial charge on any atom is -0.465 e. The van der Waals surface area contributed by atoms with Gasteiger partial charge in [0.25, 0.3) is 0 Å². The number of methoxy groups -OCH3 is 1. The largest absolute Gasteiger partial charge is 0.465 e. The zero-order valence-electron chi connectivity index (χ0n) is 14.6. The van der Waals surface area contributed by atoms with Crippen molar-refractivity contribution in [3.8, 4) is 0 Å². The number of nitrogens with one attached hydrogen (secondary N) is 1. The summed E-state index contributed by atoms with van der Waals surface area (Å²) in [7, 11) is 3.25. The molecule has 0 amide bonds. The van der Waals surface area contributed by atoms with Crippen molar-refractivity contribution in [3.63, 3.8) is 0 Å². The van der Waals surface area contributed by atoms with Crippen molar-refractivity contribution in [3.05, 3.63) is 71.9 Å². The monoisotopic (exact) mass is 349 g/mol. The second-order valence-electron chi connectivity index (χ2n) is 5.65. The Balaban J connectivity index is 1.79. The van der Waals surface area contributed by atoms with Gasteiger partial charge in [-0.2, -0.15) is 10.1 Å². The highest BCUT2D eigenvalue weighted by molar-refractivity contribution is 5.96. The lowest BCUT2D eigenvalue weighted by molar-refractivity contribution is 0.0602. The molecule has 3 rings (SSSR count). The lowest BCUT2D eigenvalue weighted by atomic mass is 10.2. The van der Waals surface area contributed by atoms with Gasteiger partial charge in [-0.15, -0.1) is 5.10 Å². The number of esters is 1. The normalized spacial score (nSPS) is 10.2. The van der Waals surface area contributed by atoms with Gasteiger partial charge in [-0.1, -0.05) is 42.5 Å². The fourth-order valence-corrected chi connectivity index (χ4v) is 2.46. The van der Waals surface area contributed by atoms with Gasteiger partial charge in [0.05, 0.1) is 24.6 Å². The van der Waals surface area contributed by atoms with E-state index in [1.165, 1.54) is 13.3 Å². The van der Waals surface area contributed by atoms with Gasteiger partial charge in [0.1, 0.15) is 0 Å². The number of rotatable bonds is 6. The quantitative estimate of drug-likeness (QED) is 0.685. The minimum atomic E-state index is -0.420. The fraction of sp³-hybridized carbons (Fsp3) is 0.158. The fourth-order valence-electron chi connectivity index (χ4n) is 2.46. The SMILES string of the molecule is COC(=O)c1ccccc1Nc1cnnc(N(C)Cc2ccccc2)n1. The van der Waals surface area contributed by atoms with Crippen LogP contribution in [0.1, 0.15) is 15.9 Å². The molecule has 0 bridgehead atoms. The van der Waals surface area contributed by atoms with Crippen molar-refractivity contribution in [1.82, 2.24) is 15.2 Å². The molecule has 1 N–H and O–H groups in total. The Morgan fingerprint density at radius 2 is 1.85 bits per heavy atom. The number of carbonyl (C=O) groups is 1. The van der Waals surface area contributed by atoms with E-state index in [-0.39, 0.29) is 0 Å². The number of para-hydroxylation sites is 1. The first-order valence-corrected chi connectivity index (χ1v) is 8.06. The maximum Gasteiger partial charge on any atom is 0.339 e. The lowest BCUT2D eigenvalue weighted by Gasteiger charge is -2.17. The maximum absolute atomic E-state index is 11.9. The molecule has 0 atom stereocenters. The molecule has 1 aromatic heterocycles. The molecule has 3 aromatic rings. The van der Waals surface area contributed by atoms with Gasteiger partial charge >= 0.3 is 5.97 Å². The van der Waals surface area contributed by atoms with Crippen LogP contribution in [0.25, 0.3) is 0 Å². The number of aromatic nitrogens is 3. The number of ether oxygens (including phenoxy) is 1. The van der Waals surface area contributed by atoms with Crippen molar-refractivity contribution in [2.75, 3.05) is 24.4 Å². The molecule has 0 aliphatic carbocycles. The van der Waals surface area contributed by atoms with E-state index in [9.17, 15) is 4.79 Å². The first-order valence-electron chi connectivity index (χ1n) is 8.06. The highest BCUT2D eigenvalue weighted by Crippen LogP contribution is 2.21. The van der Waals surface area contributed by atoms with Gasteiger partial charge in [-0.25, -0.2) is 4.79 Å². The molecule has 2 aromatic carbocycles. The Kier molecular flexibility index (Phi) is 5.38. The molecule has 0 fully saturated rings. The van der Waals surface area contributed by atoms with E-state index in [2.05, 4.69) is 20.5 Å². The molecule has 0 spiro atoms. The highest BCUT2D eigenvalue weighted by Gasteiger charge is 2.13. The molecule has 0 aliphatic heterocycles. The Hall–Kier alpha value is -3.48. The zero-order valence-corrected chi connectivity index (χ0v) is 14.6. The van der Waals surface area contributed by atoms with Crippen LogP contribution in [-0.2, 0) is 11.3 Å². The van der Waals surface area contributed by atoms with E-state index >= 15 is 0 Å². The van der Waals surface area contributed by atoms with Crippen LogP contribution >= 0.6 is 0 Å². The molecule has 7 nitrogen and oxygen atoms in total. The van der Waals surface area contributed by atoms with Crippen LogP contribution < -0.4 is 10.2 Å². The maximum atomic E-state index is 11.9. The lowest BCUT2D eigenvalue weighted by Crippen LogP contribution is -2.20. The summed E-state index contributed by atoms with van der Waals surface area (Å²) in [6.07, 6.45) is 1.51. The van der Waals surface area contributed by atoms with E-state index in [4.69, 9.17) is 4.74 Å². The summed E-state index contributed by atoms with van der Waals surface area (Å²) in [4.78, 5) is 18.3. The first-order chi connectivity index (χ1) is 12.7. The summed E-state index contributed by atoms with van der Waals surface area (Å²) in [5.74, 6) is 0.553. The van der Waals surface area contributed by atoms with E-state index in [0.29, 0.717) is 29.6 Å². The Labute approximate surface area is 151 Å². The highest BCUT2D eigenvalue weighted by atomic mass is 16.5. The predicted molar refractivity (Wildman–Crippen MR) is 99.4 cm³/mol. The Morgan fingerprint density at radius 3 is 2.62 bits per heavy atom. The topological polar surface area (TPSA) is 80.2 Å². The molecule has 0 unspecified atom stereocenters. The van der Waals surface area contributed by atoms with Gasteiger partial charge in [0.15, 0.2) is 5.82 Å². The van der Waals surface area contributed by atoms with Crippen LogP contribution in [0.5, 0.6) is 0 Å². The summed E-state index contributed by atoms with van der Waals surface area (Å²) in [6.45, 7) is 0.657. The first kappa shape index (κ1) is 17.3. The van der Waals surface area contributed by atoms with Gasteiger partial charge in [-0.05, 0) is 17.7 Å². The molecule has 0 radical (unpaired) electrons. The van der Waals surface area contributed by atoms with Crippen molar-refractivity contribution >= 4 is 23.4 Å². The summed E-state index contributed by atoms with van der Waals surface area (Å²) < 4.78 is 4.81. The van der Waals surface area contributed by atoms with E-state index in [1.807, 2.05) is 48.3 Å². The number of hydrogen-bond acceptors (Lipinski definition) is 7. The Bertz CT molecular complexity index is 886. The van der Waals surface area contributed by atoms with Gasteiger partial charge < -0.3 is 15.0 Å². The van der Waals surface area contributed by atoms with Crippen molar-refractivity contribution in [1.29, 1.82) is 0 Å². The molecular weight excluding hydrogens is 330 g/mol. The molecule has 0 saturated heterocycles. The minimum absolute atomic E-state index is 0.420. The van der Waals surface area contributed by atoms with Crippen molar-refractivity contribution < 1.29 is 9.53 Å². The third kappa shape index (κ3) is 4.13. The van der Waals surface area contributed by atoms with Gasteiger partial charge in [-0.3, -0.25) is 0 Å². The number of benzene rings is 2. The molecule has 1 heterocycles. The molecule has 132 valence electrons. The van der Waals surface area contributed by atoms with Crippen molar-refractivity contribution in [2.24, 2.45) is 0 Å². The van der Waals surface area contributed by atoms with Crippen LogP contribution in [-0.4, -0.2) is 35.3 Å². The molecule has 7 heteroatoms. The average molecular weight is 349 g/mol. The van der Waals surface area contributed by atoms with Crippen LogP contribution in [0.3, 0.4) is 0 Å². The number of hydrogen-bond donors (Lipinski definition) is 1. The standard InChI is InChI=1S/C19H19N5O2/c1-24(13-14-8-4-3-5-9-14)19-22-17(12-20-23-19)21-16-11-7-6-10-15(16)18(25)26-2/h3-12H,13H2,1-2H3,(H,21,22,23). The second kappa shape index (κ2) is 8.06. The van der Waals surface area contributed by atoms with Crippen LogP contribution in [0, 0.1) is 0 Å². The third-order valence-electron chi connectivity index (χ3n) is 3.75. The summed E-state index contributed by atoms with van der Waals surface area (Å²) >= 11 is 0. The smallest absolute Gasteiger partial charge is 0.339 e. The van der Waals surface area contributed by atoms with Gasteiger partial charge in [0.2, 0.25) is 5.95 Å². The van der Waals surface area contributed by atoms with Crippen LogP contribution in [0.15, 0.2) is 60.8 Å². The number of carbonyl (C=O) groups excluding carboxylic acids is 1. The summed E-state index contributed by atoms with van der Waals surface area (Å²) in [5, 5.41) is 11.2. The third-order valence-corrected chi connectivity index (χ3v) is 3.75. The second-order valence-corrected chi connectivity index (χ2v) is 5.65. The van der Waals surface area contributed by atoms with Crippen LogP contribution in [0.2, 0.25) is 0 Å². The zero-order chi connectivity index (χ0) is 18.4. The molecule has 0 saturated carbocycles. The Morgan fingerprint density at radius 1 is 1.12 bits per heavy atom.